The van der Waals surface area contributed by atoms with Crippen LogP contribution in [-0.2, 0) is 47.7 Å². The SMILES string of the molecule is C=C1[C@H](OC(C)=O)[C@H]2[C@@H](OC(C)=O)[C@@H](C)C[C@]2(O)[C@@H](OC(=O)c2ccccc2)[C@@H](C)C=CC(C)(C)C(=O)[C@H](OC(C)=O)[C@H]1OC(=O)[C@H](C)CC. The number of ketones is 1. The van der Waals surface area contributed by atoms with Gasteiger partial charge in [0.2, 0.25) is 6.10 Å². The van der Waals surface area contributed by atoms with Crippen LogP contribution in [0.1, 0.15) is 85.5 Å². The zero-order valence-corrected chi connectivity index (χ0v) is 30.3. The summed E-state index contributed by atoms with van der Waals surface area (Å²) in [5.41, 5.74) is -3.47. The molecule has 0 unspecified atom stereocenters. The van der Waals surface area contributed by atoms with Gasteiger partial charge in [0.25, 0.3) is 0 Å². The molecule has 3 rings (SSSR count). The molecule has 1 aromatic carbocycles. The summed E-state index contributed by atoms with van der Waals surface area (Å²) >= 11 is 0. The second kappa shape index (κ2) is 16.1. The van der Waals surface area contributed by atoms with E-state index < -0.39 is 101 Å². The molecule has 0 aliphatic heterocycles. The van der Waals surface area contributed by atoms with Crippen molar-refractivity contribution in [1.29, 1.82) is 0 Å². The number of Topliss-reactive ketones (excluding diaryl/α,β-unsaturated/α-hetero) is 1. The number of ether oxygens (including phenoxy) is 5. The van der Waals surface area contributed by atoms with E-state index in [0.717, 1.165) is 13.8 Å². The van der Waals surface area contributed by atoms with Crippen LogP contribution in [0.3, 0.4) is 0 Å². The highest BCUT2D eigenvalue weighted by Crippen LogP contribution is 2.51. The maximum absolute atomic E-state index is 14.4. The molecule has 2 aliphatic rings. The summed E-state index contributed by atoms with van der Waals surface area (Å²) in [4.78, 5) is 79.2. The number of hydrogen-bond acceptors (Lipinski definition) is 12. The van der Waals surface area contributed by atoms with Crippen molar-refractivity contribution < 1.29 is 57.6 Å². The predicted molar refractivity (Wildman–Crippen MR) is 180 cm³/mol. The van der Waals surface area contributed by atoms with Crippen LogP contribution in [0.5, 0.6) is 0 Å². The fraction of sp³-hybridized carbons (Fsp3) is 0.579. The van der Waals surface area contributed by atoms with Crippen molar-refractivity contribution in [3.05, 3.63) is 60.2 Å². The predicted octanol–water partition coefficient (Wildman–Crippen LogP) is 4.71. The number of esters is 5. The molecule has 12 heteroatoms. The van der Waals surface area contributed by atoms with Crippen molar-refractivity contribution in [3.8, 4) is 0 Å². The number of hydrogen-bond donors (Lipinski definition) is 1. The Morgan fingerprint density at radius 2 is 1.44 bits per heavy atom. The molecule has 1 saturated carbocycles. The number of allylic oxidation sites excluding steroid dienone is 1. The summed E-state index contributed by atoms with van der Waals surface area (Å²) in [5.74, 6) is -8.01. The molecule has 0 spiro atoms. The second-order valence-electron chi connectivity index (χ2n) is 14.1. The average molecular weight is 699 g/mol. The van der Waals surface area contributed by atoms with E-state index in [1.54, 1.807) is 84.0 Å². The van der Waals surface area contributed by atoms with Gasteiger partial charge in [-0.15, -0.1) is 0 Å². The maximum atomic E-state index is 14.4. The highest BCUT2D eigenvalue weighted by Gasteiger charge is 2.64. The Labute approximate surface area is 293 Å². The lowest BCUT2D eigenvalue weighted by molar-refractivity contribution is -0.185. The van der Waals surface area contributed by atoms with E-state index in [4.69, 9.17) is 23.7 Å². The van der Waals surface area contributed by atoms with Crippen LogP contribution in [0.25, 0.3) is 0 Å². The van der Waals surface area contributed by atoms with Crippen LogP contribution < -0.4 is 0 Å². The van der Waals surface area contributed by atoms with E-state index in [9.17, 15) is 33.9 Å². The lowest BCUT2D eigenvalue weighted by Gasteiger charge is -2.45. The maximum Gasteiger partial charge on any atom is 0.338 e. The van der Waals surface area contributed by atoms with Crippen LogP contribution in [0.2, 0.25) is 0 Å². The first-order valence-corrected chi connectivity index (χ1v) is 16.9. The zero-order chi connectivity index (χ0) is 37.7. The summed E-state index contributed by atoms with van der Waals surface area (Å²) < 4.78 is 29.3. The van der Waals surface area contributed by atoms with Crippen molar-refractivity contribution in [2.24, 2.45) is 29.1 Å². The zero-order valence-electron chi connectivity index (χ0n) is 30.3. The molecule has 1 aromatic rings. The molecule has 1 N–H and O–H groups in total. The Balaban J connectivity index is 2.42. The van der Waals surface area contributed by atoms with E-state index in [1.165, 1.54) is 6.92 Å². The molecule has 0 heterocycles. The van der Waals surface area contributed by atoms with Crippen molar-refractivity contribution in [2.45, 2.75) is 111 Å². The normalized spacial score (nSPS) is 31.6. The molecular weight excluding hydrogens is 648 g/mol. The van der Waals surface area contributed by atoms with Crippen molar-refractivity contribution >= 4 is 35.6 Å². The van der Waals surface area contributed by atoms with E-state index in [0.29, 0.717) is 6.42 Å². The third-order valence-electron chi connectivity index (χ3n) is 9.54. The second-order valence-corrected chi connectivity index (χ2v) is 14.1. The number of fused-ring (bicyclic) bond motifs is 1. The highest BCUT2D eigenvalue weighted by molar-refractivity contribution is 5.93. The van der Waals surface area contributed by atoms with Gasteiger partial charge in [-0.05, 0) is 44.7 Å². The molecule has 0 saturated heterocycles. The van der Waals surface area contributed by atoms with E-state index >= 15 is 0 Å². The number of carbonyl (C=O) groups excluding carboxylic acids is 6. The Kier molecular flexibility index (Phi) is 12.9. The lowest BCUT2D eigenvalue weighted by Crippen LogP contribution is -2.59. The number of benzene rings is 1. The van der Waals surface area contributed by atoms with Gasteiger partial charge < -0.3 is 28.8 Å². The Bertz CT molecular complexity index is 1500. The van der Waals surface area contributed by atoms with Gasteiger partial charge in [-0.3, -0.25) is 24.0 Å². The Morgan fingerprint density at radius 3 is 1.98 bits per heavy atom. The monoisotopic (exact) mass is 698 g/mol. The molecule has 0 bridgehead atoms. The first-order valence-electron chi connectivity index (χ1n) is 16.9. The minimum Gasteiger partial charge on any atom is -0.462 e. The lowest BCUT2D eigenvalue weighted by atomic mass is 9.72. The molecule has 0 amide bonds. The van der Waals surface area contributed by atoms with E-state index in [-0.39, 0.29) is 17.6 Å². The van der Waals surface area contributed by atoms with Crippen LogP contribution in [-0.4, -0.2) is 76.9 Å². The Hall–Kier alpha value is -4.32. The number of carbonyl (C=O) groups is 6. The van der Waals surface area contributed by atoms with Crippen molar-refractivity contribution in [2.75, 3.05) is 0 Å². The van der Waals surface area contributed by atoms with Gasteiger partial charge >= 0.3 is 29.8 Å². The van der Waals surface area contributed by atoms with Crippen LogP contribution in [0, 0.1) is 29.1 Å². The van der Waals surface area contributed by atoms with Crippen molar-refractivity contribution in [3.63, 3.8) is 0 Å². The largest absolute Gasteiger partial charge is 0.462 e. The highest BCUT2D eigenvalue weighted by atomic mass is 16.6. The molecule has 0 radical (unpaired) electrons. The van der Waals surface area contributed by atoms with Gasteiger partial charge in [0, 0.05) is 37.7 Å². The Morgan fingerprint density at radius 1 is 0.880 bits per heavy atom. The number of aliphatic hydroxyl groups is 1. The number of rotatable bonds is 8. The minimum atomic E-state index is -2.08. The molecule has 2 aliphatic carbocycles. The van der Waals surface area contributed by atoms with Gasteiger partial charge in [-0.1, -0.05) is 64.6 Å². The summed E-state index contributed by atoms with van der Waals surface area (Å²) in [7, 11) is 0. The van der Waals surface area contributed by atoms with Gasteiger partial charge in [-0.25, -0.2) is 4.79 Å². The fourth-order valence-electron chi connectivity index (χ4n) is 6.78. The molecule has 10 atom stereocenters. The average Bonchev–Trinajstić information content (AvgIpc) is 3.29. The summed E-state index contributed by atoms with van der Waals surface area (Å²) in [6, 6.07) is 8.14. The molecule has 50 heavy (non-hydrogen) atoms. The van der Waals surface area contributed by atoms with Crippen LogP contribution in [0.4, 0.5) is 0 Å². The topological polar surface area (TPSA) is 169 Å². The summed E-state index contributed by atoms with van der Waals surface area (Å²) in [6.45, 7) is 17.4. The minimum absolute atomic E-state index is 0.0986. The molecule has 1 fully saturated rings. The van der Waals surface area contributed by atoms with Gasteiger partial charge in [0.05, 0.1) is 17.4 Å². The standard InChI is InChI=1S/C38H50O12/c1-11-20(2)35(43)49-31-23(5)30(47-25(7)40)28-29(46-24(6)39)22(4)19-38(28,45)34(50-36(44)27-15-13-12-14-16-27)21(3)17-18-37(9,10)33(42)32(31)48-26(8)41/h12-18,20-22,28-32,34,45H,5,11,19H2,1-4,6-10H3/t20-,21+,22+,28-,29+,30+,31+,32-,34+,38-/m1/s1. The molecule has 274 valence electrons. The van der Waals surface area contributed by atoms with Gasteiger partial charge in [-0.2, -0.15) is 0 Å². The van der Waals surface area contributed by atoms with E-state index in [1.807, 2.05) is 0 Å². The first-order chi connectivity index (χ1) is 23.2. The third kappa shape index (κ3) is 8.88. The smallest absolute Gasteiger partial charge is 0.338 e. The molecule has 12 nitrogen and oxygen atoms in total. The quantitative estimate of drug-likeness (QED) is 0.226. The summed E-state index contributed by atoms with van der Waals surface area (Å²) in [5, 5.41) is 13.0. The van der Waals surface area contributed by atoms with Crippen LogP contribution in [0.15, 0.2) is 54.6 Å². The summed E-state index contributed by atoms with van der Waals surface area (Å²) in [6.07, 6.45) is -4.20. The third-order valence-corrected chi connectivity index (χ3v) is 9.54. The molecular formula is C38H50O12. The van der Waals surface area contributed by atoms with E-state index in [2.05, 4.69) is 6.58 Å². The first kappa shape index (κ1) is 40.1. The van der Waals surface area contributed by atoms with Crippen molar-refractivity contribution in [1.82, 2.24) is 0 Å². The van der Waals surface area contributed by atoms with Gasteiger partial charge in [0.15, 0.2) is 11.9 Å². The fourth-order valence-corrected chi connectivity index (χ4v) is 6.78. The molecule has 0 aromatic heterocycles. The van der Waals surface area contributed by atoms with Gasteiger partial charge in [0.1, 0.15) is 23.9 Å². The van der Waals surface area contributed by atoms with Crippen LogP contribution >= 0.6 is 0 Å².